The Morgan fingerprint density at radius 1 is 0.436 bits per heavy atom. The first-order valence-corrected chi connectivity index (χ1v) is 12.8. The van der Waals surface area contributed by atoms with Crippen molar-refractivity contribution in [3.8, 4) is 56.2 Å². The summed E-state index contributed by atoms with van der Waals surface area (Å²) in [6, 6.07) is 47.1. The summed E-state index contributed by atoms with van der Waals surface area (Å²) in [5.74, 6) is 0.763. The Balaban J connectivity index is 1.37. The largest absolute Gasteiger partial charge is 0.384 e. The molecule has 0 atom stereocenters. The number of hydrogen-bond acceptors (Lipinski definition) is 3. The summed E-state index contributed by atoms with van der Waals surface area (Å²) in [6.07, 6.45) is 0. The lowest BCUT2D eigenvalue weighted by Gasteiger charge is -2.11. The van der Waals surface area contributed by atoms with Gasteiger partial charge in [-0.2, -0.15) is 0 Å². The summed E-state index contributed by atoms with van der Waals surface area (Å²) < 4.78 is 0. The van der Waals surface area contributed by atoms with Gasteiger partial charge in [0.2, 0.25) is 0 Å². The molecule has 5 aromatic carbocycles. The van der Waals surface area contributed by atoms with Gasteiger partial charge in [-0.25, -0.2) is 9.97 Å². The van der Waals surface area contributed by atoms with Crippen LogP contribution in [0.25, 0.3) is 56.2 Å². The topological polar surface area (TPSA) is 75.7 Å². The van der Waals surface area contributed by atoms with Gasteiger partial charge in [0, 0.05) is 22.3 Å². The van der Waals surface area contributed by atoms with Crippen molar-refractivity contribution in [2.24, 2.45) is 5.73 Å². The Bertz CT molecular complexity index is 1720. The molecule has 1 aromatic heterocycles. The molecule has 0 saturated carbocycles. The van der Waals surface area contributed by atoms with E-state index >= 15 is 0 Å². The zero-order chi connectivity index (χ0) is 26.6. The van der Waals surface area contributed by atoms with Crippen LogP contribution in [0.3, 0.4) is 0 Å². The number of hydrogen-bond donors (Lipinski definition) is 2. The average Bonchev–Trinajstić information content (AvgIpc) is 3.02. The molecule has 4 heteroatoms. The zero-order valence-corrected chi connectivity index (χ0v) is 21.3. The summed E-state index contributed by atoms with van der Waals surface area (Å²) >= 11 is 0. The quantitative estimate of drug-likeness (QED) is 0.178. The molecule has 0 spiro atoms. The second kappa shape index (κ2) is 10.6. The van der Waals surface area contributed by atoms with Gasteiger partial charge in [-0.15, -0.1) is 0 Å². The Hall–Kier alpha value is -5.35. The van der Waals surface area contributed by atoms with E-state index in [4.69, 9.17) is 21.1 Å². The van der Waals surface area contributed by atoms with Gasteiger partial charge in [0.05, 0.1) is 11.4 Å². The van der Waals surface area contributed by atoms with E-state index < -0.39 is 0 Å². The number of benzene rings is 5. The molecule has 0 unspecified atom stereocenters. The van der Waals surface area contributed by atoms with Gasteiger partial charge in [0.15, 0.2) is 5.82 Å². The Kier molecular flexibility index (Phi) is 6.50. The first-order chi connectivity index (χ1) is 19.1. The first-order valence-electron chi connectivity index (χ1n) is 12.8. The minimum absolute atomic E-state index is 0.0698. The number of nitrogens with zero attached hydrogens (tertiary/aromatic N) is 2. The number of aromatic nitrogens is 2. The van der Waals surface area contributed by atoms with Gasteiger partial charge in [0.1, 0.15) is 5.84 Å². The molecule has 39 heavy (non-hydrogen) atoms. The maximum atomic E-state index is 7.61. The van der Waals surface area contributed by atoms with E-state index in [9.17, 15) is 0 Å². The number of amidine groups is 1. The van der Waals surface area contributed by atoms with Crippen LogP contribution in [0.2, 0.25) is 0 Å². The average molecular weight is 503 g/mol. The molecule has 186 valence electrons. The lowest BCUT2D eigenvalue weighted by atomic mass is 10.00. The fourth-order valence-corrected chi connectivity index (χ4v) is 4.60. The van der Waals surface area contributed by atoms with Gasteiger partial charge in [-0.3, -0.25) is 5.41 Å². The summed E-state index contributed by atoms with van der Waals surface area (Å²) in [7, 11) is 0. The second-order valence-corrected chi connectivity index (χ2v) is 9.34. The van der Waals surface area contributed by atoms with E-state index in [2.05, 4.69) is 78.9 Å². The van der Waals surface area contributed by atoms with Crippen molar-refractivity contribution in [3.05, 3.63) is 145 Å². The third-order valence-electron chi connectivity index (χ3n) is 6.76. The molecule has 4 nitrogen and oxygen atoms in total. The summed E-state index contributed by atoms with van der Waals surface area (Å²) in [5, 5.41) is 7.61. The molecule has 0 amide bonds. The van der Waals surface area contributed by atoms with Crippen LogP contribution >= 0.6 is 0 Å². The number of rotatable bonds is 6. The maximum absolute atomic E-state index is 7.61. The standard InChI is InChI=1S/C35H26N4/c36-34(37)30-21-15-27(16-22-30)26-13-19-29(20-14-26)33-23-32(38-35(39-33)31-9-5-2-6-10-31)28-17-11-25(12-18-28)24-7-3-1-4-8-24/h1-23H,(H3,36,37). The minimum atomic E-state index is 0.0698. The fourth-order valence-electron chi connectivity index (χ4n) is 4.60. The van der Waals surface area contributed by atoms with Crippen molar-refractivity contribution in [2.45, 2.75) is 0 Å². The van der Waals surface area contributed by atoms with Crippen molar-refractivity contribution >= 4 is 5.84 Å². The number of nitrogens with one attached hydrogen (secondary N) is 1. The molecule has 0 radical (unpaired) electrons. The molecule has 0 aliphatic carbocycles. The normalized spacial score (nSPS) is 10.8. The van der Waals surface area contributed by atoms with Crippen LogP contribution in [-0.4, -0.2) is 15.8 Å². The summed E-state index contributed by atoms with van der Waals surface area (Å²) in [5.41, 5.74) is 15.6. The molecule has 0 saturated heterocycles. The molecule has 6 aromatic rings. The zero-order valence-electron chi connectivity index (χ0n) is 21.3. The van der Waals surface area contributed by atoms with Crippen molar-refractivity contribution in [1.29, 1.82) is 5.41 Å². The molecule has 1 heterocycles. The van der Waals surface area contributed by atoms with Crippen LogP contribution in [0.5, 0.6) is 0 Å². The lowest BCUT2D eigenvalue weighted by Crippen LogP contribution is -2.10. The molecular formula is C35H26N4. The Morgan fingerprint density at radius 3 is 1.23 bits per heavy atom. The van der Waals surface area contributed by atoms with Crippen LogP contribution in [0.1, 0.15) is 5.56 Å². The highest BCUT2D eigenvalue weighted by molar-refractivity contribution is 5.95. The van der Waals surface area contributed by atoms with Crippen molar-refractivity contribution in [1.82, 2.24) is 9.97 Å². The highest BCUT2D eigenvalue weighted by Gasteiger charge is 2.11. The predicted octanol–water partition coefficient (Wildman–Crippen LogP) is 8.10. The van der Waals surface area contributed by atoms with E-state index in [-0.39, 0.29) is 5.84 Å². The molecular weight excluding hydrogens is 476 g/mol. The molecule has 0 aliphatic heterocycles. The number of nitrogen functional groups attached to an aromatic ring is 1. The highest BCUT2D eigenvalue weighted by atomic mass is 14.9. The van der Waals surface area contributed by atoms with Gasteiger partial charge < -0.3 is 5.73 Å². The van der Waals surface area contributed by atoms with Gasteiger partial charge in [-0.1, -0.05) is 133 Å². The highest BCUT2D eigenvalue weighted by Crippen LogP contribution is 2.30. The summed E-state index contributed by atoms with van der Waals surface area (Å²) in [6.45, 7) is 0. The maximum Gasteiger partial charge on any atom is 0.160 e. The van der Waals surface area contributed by atoms with E-state index in [1.807, 2.05) is 60.7 Å². The van der Waals surface area contributed by atoms with Crippen LogP contribution in [0, 0.1) is 5.41 Å². The second-order valence-electron chi connectivity index (χ2n) is 9.34. The van der Waals surface area contributed by atoms with E-state index in [1.165, 1.54) is 11.1 Å². The fraction of sp³-hybridized carbons (Fsp3) is 0. The third kappa shape index (κ3) is 5.22. The van der Waals surface area contributed by atoms with Crippen molar-refractivity contribution in [2.75, 3.05) is 0 Å². The molecule has 0 bridgehead atoms. The van der Waals surface area contributed by atoms with Gasteiger partial charge in [0.25, 0.3) is 0 Å². The monoisotopic (exact) mass is 502 g/mol. The molecule has 3 N–H and O–H groups in total. The lowest BCUT2D eigenvalue weighted by molar-refractivity contribution is 1.18. The van der Waals surface area contributed by atoms with Crippen LogP contribution in [0.4, 0.5) is 0 Å². The predicted molar refractivity (Wildman–Crippen MR) is 160 cm³/mol. The van der Waals surface area contributed by atoms with Gasteiger partial charge >= 0.3 is 0 Å². The molecule has 6 rings (SSSR count). The minimum Gasteiger partial charge on any atom is -0.384 e. The van der Waals surface area contributed by atoms with Gasteiger partial charge in [-0.05, 0) is 28.3 Å². The smallest absolute Gasteiger partial charge is 0.160 e. The SMILES string of the molecule is N=C(N)c1ccc(-c2ccc(-c3cc(-c4ccc(-c5ccccc5)cc4)nc(-c4ccccc4)n3)cc2)cc1. The Morgan fingerprint density at radius 2 is 0.795 bits per heavy atom. The summed E-state index contributed by atoms with van der Waals surface area (Å²) in [4.78, 5) is 9.90. The van der Waals surface area contributed by atoms with E-state index in [0.29, 0.717) is 11.4 Å². The molecule has 0 aliphatic rings. The van der Waals surface area contributed by atoms with Crippen LogP contribution in [0.15, 0.2) is 140 Å². The third-order valence-corrected chi connectivity index (χ3v) is 6.76. The number of nitrogens with two attached hydrogens (primary N) is 1. The Labute approximate surface area is 228 Å². The van der Waals surface area contributed by atoms with Crippen LogP contribution in [-0.2, 0) is 0 Å². The van der Waals surface area contributed by atoms with Crippen molar-refractivity contribution < 1.29 is 0 Å². The first kappa shape index (κ1) is 24.0. The van der Waals surface area contributed by atoms with Crippen LogP contribution < -0.4 is 5.73 Å². The van der Waals surface area contributed by atoms with E-state index in [1.54, 1.807) is 0 Å². The van der Waals surface area contributed by atoms with E-state index in [0.717, 1.165) is 39.2 Å². The molecule has 0 fully saturated rings. The van der Waals surface area contributed by atoms with Crippen molar-refractivity contribution in [3.63, 3.8) is 0 Å².